The third kappa shape index (κ3) is 4.89. The molecule has 2 aliphatic heterocycles. The number of hydrogen-bond donors (Lipinski definition) is 2. The van der Waals surface area contributed by atoms with Crippen molar-refractivity contribution in [2.24, 2.45) is 23.2 Å². The van der Waals surface area contributed by atoms with Crippen molar-refractivity contribution in [1.82, 2.24) is 0 Å². The fourth-order valence-corrected chi connectivity index (χ4v) is 8.31. The lowest BCUT2D eigenvalue weighted by atomic mass is 9.55. The summed E-state index contributed by atoms with van der Waals surface area (Å²) in [5, 5.41) is 0.779. The highest BCUT2D eigenvalue weighted by atomic mass is 35.5. The largest absolute Gasteiger partial charge is 0.462 e. The van der Waals surface area contributed by atoms with Gasteiger partial charge in [-0.05, 0) is 55.6 Å². The Kier molecular flexibility index (Phi) is 6.94. The molecule has 2 heterocycles. The zero-order valence-corrected chi connectivity index (χ0v) is 22.8. The average Bonchev–Trinajstić information content (AvgIpc) is 3.19. The van der Waals surface area contributed by atoms with E-state index >= 15 is 0 Å². The fourth-order valence-electron chi connectivity index (χ4n) is 8.18. The molecule has 2 aromatic rings. The van der Waals surface area contributed by atoms with Crippen molar-refractivity contribution in [2.75, 3.05) is 32.7 Å². The van der Waals surface area contributed by atoms with E-state index in [-0.39, 0.29) is 23.4 Å². The van der Waals surface area contributed by atoms with Crippen LogP contribution in [0.15, 0.2) is 66.7 Å². The van der Waals surface area contributed by atoms with Crippen molar-refractivity contribution in [3.05, 3.63) is 82.9 Å². The Balaban J connectivity index is 1.13. The summed E-state index contributed by atoms with van der Waals surface area (Å²) in [4.78, 5) is 16.3. The number of fused-ring (bicyclic) bond motifs is 2. The first-order valence-corrected chi connectivity index (χ1v) is 14.7. The average molecular weight is 521 g/mol. The van der Waals surface area contributed by atoms with Gasteiger partial charge in [0.2, 0.25) is 0 Å². The van der Waals surface area contributed by atoms with Crippen LogP contribution in [0.2, 0.25) is 5.02 Å². The Morgan fingerprint density at radius 1 is 1.05 bits per heavy atom. The molecule has 2 aromatic carbocycles. The van der Waals surface area contributed by atoms with E-state index < -0.39 is 0 Å². The van der Waals surface area contributed by atoms with Crippen LogP contribution in [0.5, 0.6) is 0 Å². The van der Waals surface area contributed by atoms with E-state index in [4.69, 9.17) is 16.3 Å². The summed E-state index contributed by atoms with van der Waals surface area (Å²) in [7, 11) is 0. The van der Waals surface area contributed by atoms with Crippen LogP contribution in [-0.2, 0) is 9.53 Å². The monoisotopic (exact) mass is 520 g/mol. The van der Waals surface area contributed by atoms with Crippen molar-refractivity contribution in [3.8, 4) is 0 Å². The Morgan fingerprint density at radius 2 is 1.76 bits per heavy atom. The maximum Gasteiger partial charge on any atom is 0.315 e. The highest BCUT2D eigenvalue weighted by Gasteiger charge is 2.56. The lowest BCUT2D eigenvalue weighted by molar-refractivity contribution is -1.02. The van der Waals surface area contributed by atoms with Crippen LogP contribution in [0.1, 0.15) is 56.2 Å². The molecule has 2 N–H and O–H groups in total. The number of nitrogens with one attached hydrogen (secondary N) is 2. The molecule has 196 valence electrons. The van der Waals surface area contributed by atoms with Gasteiger partial charge < -0.3 is 14.5 Å². The lowest BCUT2D eigenvalue weighted by Gasteiger charge is -2.50. The number of esters is 1. The fraction of sp³-hybridized carbons (Fsp3) is 0.531. The van der Waals surface area contributed by atoms with E-state index in [0.717, 1.165) is 57.0 Å². The zero-order chi connectivity index (χ0) is 25.6. The second-order valence-corrected chi connectivity index (χ2v) is 12.8. The molecule has 37 heavy (non-hydrogen) atoms. The van der Waals surface area contributed by atoms with E-state index in [1.54, 1.807) is 9.80 Å². The standard InChI is InChI=1S/C32H39ClN2O2/c1-22-7-6-14-32(2)20-29-26(19-28(22)32)27(31(36)37-29)21-34-15-17-35(18-16-34)30(23-8-4-3-5-9-23)24-10-12-25(33)13-11-24/h3-5,8-13,26-30H,1,6-7,14-21H2,2H3/p+2/t26-,27-,28+,29+,30-,32-/m0/s1. The summed E-state index contributed by atoms with van der Waals surface area (Å²) >= 11 is 6.21. The predicted molar refractivity (Wildman–Crippen MR) is 147 cm³/mol. The van der Waals surface area contributed by atoms with Gasteiger partial charge in [-0.3, -0.25) is 4.79 Å². The second kappa shape index (κ2) is 10.2. The van der Waals surface area contributed by atoms with E-state index in [1.807, 2.05) is 12.1 Å². The van der Waals surface area contributed by atoms with Crippen molar-refractivity contribution < 1.29 is 19.3 Å². The number of ether oxygens (including phenoxy) is 1. The van der Waals surface area contributed by atoms with Crippen LogP contribution in [0.3, 0.4) is 0 Å². The summed E-state index contributed by atoms with van der Waals surface area (Å²) in [6.45, 7) is 12.1. The van der Waals surface area contributed by atoms with Gasteiger partial charge in [0.05, 0.1) is 6.54 Å². The Morgan fingerprint density at radius 3 is 2.49 bits per heavy atom. The molecule has 0 bridgehead atoms. The maximum atomic E-state index is 13.1. The molecular weight excluding hydrogens is 480 g/mol. The zero-order valence-electron chi connectivity index (χ0n) is 22.1. The summed E-state index contributed by atoms with van der Waals surface area (Å²) < 4.78 is 6.06. The van der Waals surface area contributed by atoms with Crippen LogP contribution in [0.4, 0.5) is 0 Å². The summed E-state index contributed by atoms with van der Waals surface area (Å²) in [5.41, 5.74) is 4.35. The first-order chi connectivity index (χ1) is 17.9. The molecule has 5 heteroatoms. The minimum absolute atomic E-state index is 0.0435. The predicted octanol–water partition coefficient (Wildman–Crippen LogP) is 3.53. The maximum absolute atomic E-state index is 13.1. The minimum Gasteiger partial charge on any atom is -0.462 e. The number of carbonyl (C=O) groups is 1. The molecule has 6 rings (SSSR count). The summed E-state index contributed by atoms with van der Waals surface area (Å²) in [6, 6.07) is 19.5. The molecule has 6 atom stereocenters. The quantitative estimate of drug-likeness (QED) is 0.467. The molecule has 0 radical (unpaired) electrons. The lowest BCUT2D eigenvalue weighted by Crippen LogP contribution is -3.28. The third-order valence-corrected chi connectivity index (χ3v) is 10.4. The van der Waals surface area contributed by atoms with Gasteiger partial charge in [0.25, 0.3) is 0 Å². The number of quaternary nitrogens is 2. The first kappa shape index (κ1) is 25.2. The van der Waals surface area contributed by atoms with Crippen molar-refractivity contribution in [3.63, 3.8) is 0 Å². The van der Waals surface area contributed by atoms with Crippen LogP contribution < -0.4 is 9.80 Å². The number of carbonyl (C=O) groups excluding carboxylic acids is 1. The Bertz CT molecular complexity index is 1130. The number of benzene rings is 2. The SMILES string of the molecule is C=C1CCC[C@@]2(C)C[C@H]3OC(=O)[C@@H](C[NH+]4CC[NH+]([C@@H](c5ccccc5)c5ccc(Cl)cc5)CC4)[C@@H]3C[C@H]12. The van der Waals surface area contributed by atoms with Gasteiger partial charge in [-0.15, -0.1) is 0 Å². The molecule has 4 nitrogen and oxygen atoms in total. The molecule has 0 spiro atoms. The first-order valence-electron chi connectivity index (χ1n) is 14.3. The van der Waals surface area contributed by atoms with Gasteiger partial charge in [0, 0.05) is 22.1 Å². The van der Waals surface area contributed by atoms with Crippen LogP contribution in [0, 0.1) is 23.2 Å². The molecule has 0 amide bonds. The number of allylic oxidation sites excluding steroid dienone is 1. The molecule has 2 aliphatic carbocycles. The molecule has 2 saturated carbocycles. The summed E-state index contributed by atoms with van der Waals surface area (Å²) in [5.74, 6) is 1.03. The van der Waals surface area contributed by atoms with Crippen LogP contribution in [0.25, 0.3) is 0 Å². The molecule has 0 aromatic heterocycles. The van der Waals surface area contributed by atoms with Gasteiger partial charge >= 0.3 is 5.97 Å². The van der Waals surface area contributed by atoms with E-state index in [0.29, 0.717) is 17.9 Å². The van der Waals surface area contributed by atoms with Gasteiger partial charge in [-0.2, -0.15) is 0 Å². The topological polar surface area (TPSA) is 35.2 Å². The van der Waals surface area contributed by atoms with Crippen molar-refractivity contribution in [2.45, 2.75) is 51.2 Å². The molecule has 2 saturated heterocycles. The molecule has 0 unspecified atom stereocenters. The minimum atomic E-state index is 0.0435. The van der Waals surface area contributed by atoms with Crippen LogP contribution >= 0.6 is 11.6 Å². The molecule has 4 aliphatic rings. The molecule has 4 fully saturated rings. The highest BCUT2D eigenvalue weighted by molar-refractivity contribution is 6.30. The normalized spacial score (nSPS) is 36.4. The Hall–Kier alpha value is -2.14. The van der Waals surface area contributed by atoms with Gasteiger partial charge in [0.15, 0.2) is 0 Å². The van der Waals surface area contributed by atoms with Gasteiger partial charge in [-0.1, -0.05) is 73.1 Å². The number of hydrogen-bond acceptors (Lipinski definition) is 2. The van der Waals surface area contributed by atoms with Crippen molar-refractivity contribution >= 4 is 17.6 Å². The number of rotatable bonds is 5. The van der Waals surface area contributed by atoms with E-state index in [1.165, 1.54) is 29.5 Å². The molecular formula is C32H41ClN2O2+2. The number of piperazine rings is 1. The third-order valence-electron chi connectivity index (χ3n) is 10.2. The van der Waals surface area contributed by atoms with Crippen molar-refractivity contribution in [1.29, 1.82) is 0 Å². The van der Waals surface area contributed by atoms with E-state index in [2.05, 4.69) is 56.0 Å². The van der Waals surface area contributed by atoms with E-state index in [9.17, 15) is 4.79 Å². The highest BCUT2D eigenvalue weighted by Crippen LogP contribution is 2.56. The van der Waals surface area contributed by atoms with Gasteiger partial charge in [0.1, 0.15) is 44.2 Å². The van der Waals surface area contributed by atoms with Gasteiger partial charge in [-0.25, -0.2) is 0 Å². The Labute approximate surface area is 226 Å². The van der Waals surface area contributed by atoms with Crippen LogP contribution in [-0.4, -0.2) is 44.8 Å². The summed E-state index contributed by atoms with van der Waals surface area (Å²) in [6.07, 6.45) is 5.86. The smallest absolute Gasteiger partial charge is 0.315 e. The second-order valence-electron chi connectivity index (χ2n) is 12.4. The number of halogens is 1.